The van der Waals surface area contributed by atoms with Crippen LogP contribution in [0.1, 0.15) is 16.7 Å². The third-order valence-corrected chi connectivity index (χ3v) is 5.77. The molecule has 5 nitrogen and oxygen atoms in total. The fourth-order valence-electron chi connectivity index (χ4n) is 3.80. The lowest BCUT2D eigenvalue weighted by atomic mass is 10.1. The van der Waals surface area contributed by atoms with Gasteiger partial charge in [-0.15, -0.1) is 0 Å². The Balaban J connectivity index is 1.51. The first-order chi connectivity index (χ1) is 13.5. The van der Waals surface area contributed by atoms with Crippen LogP contribution in [0.3, 0.4) is 0 Å². The molecule has 1 aliphatic rings. The number of amides is 1. The molecular formula is C23H32N3O2+. The van der Waals surface area contributed by atoms with Crippen molar-refractivity contribution in [1.29, 1.82) is 0 Å². The van der Waals surface area contributed by atoms with Crippen molar-refractivity contribution in [2.24, 2.45) is 0 Å². The van der Waals surface area contributed by atoms with E-state index >= 15 is 0 Å². The molecule has 0 atom stereocenters. The number of anilines is 1. The Morgan fingerprint density at radius 3 is 2.57 bits per heavy atom. The first-order valence-corrected chi connectivity index (χ1v) is 9.99. The molecule has 0 unspecified atom stereocenters. The molecule has 2 aromatic carbocycles. The molecule has 1 N–H and O–H groups in total. The number of benzene rings is 2. The molecule has 1 saturated heterocycles. The van der Waals surface area contributed by atoms with Crippen molar-refractivity contribution in [3.63, 3.8) is 0 Å². The van der Waals surface area contributed by atoms with E-state index in [2.05, 4.69) is 36.9 Å². The molecule has 0 aromatic heterocycles. The number of likely N-dealkylation sites (N-methyl/N-ethyl adjacent to an activating group) is 1. The average Bonchev–Trinajstić information content (AvgIpc) is 2.71. The van der Waals surface area contributed by atoms with Crippen molar-refractivity contribution in [3.8, 4) is 5.75 Å². The maximum atomic E-state index is 12.7. The van der Waals surface area contributed by atoms with E-state index in [9.17, 15) is 4.79 Å². The second-order valence-corrected chi connectivity index (χ2v) is 7.73. The fourth-order valence-corrected chi connectivity index (χ4v) is 3.80. The molecular weight excluding hydrogens is 350 g/mol. The number of ether oxygens (including phenoxy) is 1. The number of hydrogen-bond acceptors (Lipinski definition) is 3. The van der Waals surface area contributed by atoms with Gasteiger partial charge in [-0.2, -0.15) is 0 Å². The van der Waals surface area contributed by atoms with Gasteiger partial charge in [-0.25, -0.2) is 0 Å². The summed E-state index contributed by atoms with van der Waals surface area (Å²) in [5.74, 6) is 1.02. The zero-order chi connectivity index (χ0) is 20.1. The van der Waals surface area contributed by atoms with E-state index in [1.54, 1.807) is 7.11 Å². The van der Waals surface area contributed by atoms with Gasteiger partial charge in [-0.05, 0) is 48.7 Å². The molecule has 0 saturated carbocycles. The SMILES string of the molecule is COc1cccc(CN(C)C(=O)C[NH+]2CCN(c3cccc(C)c3C)CC2)c1. The monoisotopic (exact) mass is 382 g/mol. The van der Waals surface area contributed by atoms with Crippen LogP contribution in [-0.4, -0.2) is 57.7 Å². The van der Waals surface area contributed by atoms with Crippen LogP contribution in [0.2, 0.25) is 0 Å². The predicted molar refractivity (Wildman–Crippen MR) is 113 cm³/mol. The molecule has 1 heterocycles. The second-order valence-electron chi connectivity index (χ2n) is 7.73. The second kappa shape index (κ2) is 9.11. The van der Waals surface area contributed by atoms with Gasteiger partial charge >= 0.3 is 0 Å². The molecule has 0 bridgehead atoms. The lowest BCUT2D eigenvalue weighted by Gasteiger charge is -2.35. The molecule has 1 aliphatic heterocycles. The molecule has 28 heavy (non-hydrogen) atoms. The Morgan fingerprint density at radius 1 is 1.14 bits per heavy atom. The van der Waals surface area contributed by atoms with Gasteiger partial charge in [0.1, 0.15) is 5.75 Å². The quantitative estimate of drug-likeness (QED) is 0.826. The largest absolute Gasteiger partial charge is 0.497 e. The summed E-state index contributed by atoms with van der Waals surface area (Å²) in [7, 11) is 3.54. The summed E-state index contributed by atoms with van der Waals surface area (Å²) >= 11 is 0. The minimum atomic E-state index is 0.193. The van der Waals surface area contributed by atoms with Gasteiger partial charge in [0, 0.05) is 19.3 Å². The van der Waals surface area contributed by atoms with Crippen LogP contribution in [0.15, 0.2) is 42.5 Å². The maximum absolute atomic E-state index is 12.7. The third-order valence-electron chi connectivity index (χ3n) is 5.77. The van der Waals surface area contributed by atoms with E-state index in [1.807, 2.05) is 36.2 Å². The van der Waals surface area contributed by atoms with Crippen molar-refractivity contribution in [2.45, 2.75) is 20.4 Å². The van der Waals surface area contributed by atoms with Crippen LogP contribution in [-0.2, 0) is 11.3 Å². The molecule has 0 radical (unpaired) electrons. The summed E-state index contributed by atoms with van der Waals surface area (Å²) in [6.45, 7) is 9.49. The molecule has 150 valence electrons. The maximum Gasteiger partial charge on any atom is 0.277 e. The highest BCUT2D eigenvalue weighted by Crippen LogP contribution is 2.22. The number of rotatable bonds is 6. The van der Waals surface area contributed by atoms with Crippen molar-refractivity contribution < 1.29 is 14.4 Å². The highest BCUT2D eigenvalue weighted by atomic mass is 16.5. The zero-order valence-electron chi connectivity index (χ0n) is 17.5. The standard InChI is InChI=1S/C23H31N3O2/c1-18-7-5-10-22(19(18)2)26-13-11-25(12-14-26)17-23(27)24(3)16-20-8-6-9-21(15-20)28-4/h5-10,15H,11-14,16-17H2,1-4H3/p+1. The Hall–Kier alpha value is -2.53. The number of nitrogens with one attached hydrogen (secondary N) is 1. The van der Waals surface area contributed by atoms with E-state index in [0.717, 1.165) is 37.5 Å². The van der Waals surface area contributed by atoms with Crippen molar-refractivity contribution in [3.05, 3.63) is 59.2 Å². The number of methoxy groups -OCH3 is 1. The van der Waals surface area contributed by atoms with Crippen LogP contribution in [0, 0.1) is 13.8 Å². The van der Waals surface area contributed by atoms with Gasteiger partial charge in [-0.3, -0.25) is 4.79 Å². The Morgan fingerprint density at radius 2 is 1.86 bits per heavy atom. The van der Waals surface area contributed by atoms with Crippen LogP contribution in [0.25, 0.3) is 0 Å². The summed E-state index contributed by atoms with van der Waals surface area (Å²) in [5.41, 5.74) is 5.12. The zero-order valence-corrected chi connectivity index (χ0v) is 17.5. The van der Waals surface area contributed by atoms with Crippen molar-refractivity contribution in [2.75, 3.05) is 51.8 Å². The van der Waals surface area contributed by atoms with E-state index < -0.39 is 0 Å². The summed E-state index contributed by atoms with van der Waals surface area (Å²) < 4.78 is 5.27. The van der Waals surface area contributed by atoms with Crippen molar-refractivity contribution in [1.82, 2.24) is 4.90 Å². The van der Waals surface area contributed by atoms with Gasteiger partial charge in [0.2, 0.25) is 0 Å². The summed E-state index contributed by atoms with van der Waals surface area (Å²) in [6.07, 6.45) is 0. The van der Waals surface area contributed by atoms with E-state index in [0.29, 0.717) is 13.1 Å². The normalized spacial score (nSPS) is 14.8. The van der Waals surface area contributed by atoms with Crippen LogP contribution < -0.4 is 14.5 Å². The van der Waals surface area contributed by atoms with Gasteiger partial charge in [-0.1, -0.05) is 24.3 Å². The molecule has 3 rings (SSSR count). The lowest BCUT2D eigenvalue weighted by molar-refractivity contribution is -0.892. The molecule has 5 heteroatoms. The molecule has 2 aromatic rings. The number of aryl methyl sites for hydroxylation is 1. The molecule has 1 fully saturated rings. The number of quaternary nitrogens is 1. The van der Waals surface area contributed by atoms with Crippen LogP contribution in [0.5, 0.6) is 5.75 Å². The van der Waals surface area contributed by atoms with Gasteiger partial charge < -0.3 is 19.4 Å². The van der Waals surface area contributed by atoms with Gasteiger partial charge in [0.15, 0.2) is 6.54 Å². The Labute approximate surface area is 168 Å². The summed E-state index contributed by atoms with van der Waals surface area (Å²) in [5, 5.41) is 0. The first kappa shape index (κ1) is 20.2. The number of nitrogens with zero attached hydrogens (tertiary/aromatic N) is 2. The number of hydrogen-bond donors (Lipinski definition) is 1. The highest BCUT2D eigenvalue weighted by Gasteiger charge is 2.24. The van der Waals surface area contributed by atoms with Crippen LogP contribution in [0.4, 0.5) is 5.69 Å². The first-order valence-electron chi connectivity index (χ1n) is 9.99. The molecule has 0 spiro atoms. The number of carbonyl (C=O) groups is 1. The summed E-state index contributed by atoms with van der Waals surface area (Å²) in [6, 6.07) is 14.4. The topological polar surface area (TPSA) is 37.2 Å². The minimum Gasteiger partial charge on any atom is -0.497 e. The van der Waals surface area contributed by atoms with Gasteiger partial charge in [0.05, 0.1) is 33.3 Å². The van der Waals surface area contributed by atoms with E-state index in [4.69, 9.17) is 4.74 Å². The van der Waals surface area contributed by atoms with Gasteiger partial charge in [0.25, 0.3) is 5.91 Å². The fraction of sp³-hybridized carbons (Fsp3) is 0.435. The Kier molecular flexibility index (Phi) is 6.57. The smallest absolute Gasteiger partial charge is 0.277 e. The summed E-state index contributed by atoms with van der Waals surface area (Å²) in [4.78, 5) is 18.3. The lowest BCUT2D eigenvalue weighted by Crippen LogP contribution is -3.15. The van der Waals surface area contributed by atoms with E-state index in [1.165, 1.54) is 21.7 Å². The Bertz CT molecular complexity index is 813. The predicted octanol–water partition coefficient (Wildman–Crippen LogP) is 1.68. The van der Waals surface area contributed by atoms with Crippen LogP contribution >= 0.6 is 0 Å². The third kappa shape index (κ3) is 4.84. The highest BCUT2D eigenvalue weighted by molar-refractivity contribution is 5.76. The number of carbonyl (C=O) groups excluding carboxylic acids is 1. The minimum absolute atomic E-state index is 0.193. The average molecular weight is 383 g/mol. The molecule has 1 amide bonds. The number of piperazine rings is 1. The van der Waals surface area contributed by atoms with E-state index in [-0.39, 0.29) is 5.91 Å². The molecule has 0 aliphatic carbocycles. The van der Waals surface area contributed by atoms with Crippen molar-refractivity contribution >= 4 is 11.6 Å².